The molecule has 1 heterocycles. The Morgan fingerprint density at radius 3 is 2.53 bits per heavy atom. The predicted molar refractivity (Wildman–Crippen MR) is 109 cm³/mol. The Morgan fingerprint density at radius 2 is 1.97 bits per heavy atom. The van der Waals surface area contributed by atoms with E-state index < -0.39 is 54.7 Å². The van der Waals surface area contributed by atoms with Crippen LogP contribution in [0.1, 0.15) is 19.8 Å². The Balaban J connectivity index is 2.23. The van der Waals surface area contributed by atoms with Crippen molar-refractivity contribution in [2.24, 2.45) is 27.9 Å². The molecule has 2 aliphatic rings. The monoisotopic (exact) mass is 432 g/mol. The summed E-state index contributed by atoms with van der Waals surface area (Å²) in [7, 11) is 2.84. The van der Waals surface area contributed by atoms with Crippen LogP contribution in [-0.4, -0.2) is 109 Å². The normalized spacial score (nSPS) is 41.0. The van der Waals surface area contributed by atoms with E-state index in [1.807, 2.05) is 6.92 Å². The summed E-state index contributed by atoms with van der Waals surface area (Å²) in [6, 6.07) is -2.62. The number of nitrogens with two attached hydrogens (primary N) is 4. The number of aliphatic imine (C=N–C) groups is 1. The van der Waals surface area contributed by atoms with Gasteiger partial charge in [0, 0.05) is 20.2 Å². The molecule has 10 atom stereocenters. The van der Waals surface area contributed by atoms with Crippen molar-refractivity contribution in [3.8, 4) is 0 Å². The molecule has 0 aromatic carbocycles. The Kier molecular flexibility index (Phi) is 8.94. The molecular weight excluding hydrogens is 396 g/mol. The fraction of sp³-hybridized carbons (Fsp3) is 0.889. The molecular formula is C18H36N6O6. The number of aliphatic hydroxyl groups excluding tert-OH is 2. The fourth-order valence-electron chi connectivity index (χ4n) is 4.05. The lowest BCUT2D eigenvalue weighted by Crippen LogP contribution is -2.72. The largest absolute Gasteiger partial charge is 0.390 e. The van der Waals surface area contributed by atoms with E-state index in [1.165, 1.54) is 19.1 Å². The lowest BCUT2D eigenvalue weighted by atomic mass is 9.80. The van der Waals surface area contributed by atoms with Crippen LogP contribution in [0, 0.1) is 0 Å². The maximum atomic E-state index is 12.4. The molecule has 174 valence electrons. The highest BCUT2D eigenvalue weighted by Gasteiger charge is 2.53. The van der Waals surface area contributed by atoms with Crippen LogP contribution in [0.2, 0.25) is 0 Å². The first kappa shape index (κ1) is 24.9. The number of carbonyl (C=O) groups is 1. The molecule has 0 aromatic rings. The van der Waals surface area contributed by atoms with Crippen LogP contribution in [-0.2, 0) is 19.0 Å². The van der Waals surface area contributed by atoms with Crippen molar-refractivity contribution in [2.45, 2.75) is 80.7 Å². The van der Waals surface area contributed by atoms with E-state index in [0.717, 1.165) is 6.34 Å². The summed E-state index contributed by atoms with van der Waals surface area (Å²) in [5.41, 5.74) is 23.5. The molecule has 10 N–H and O–H groups in total. The second-order valence-corrected chi connectivity index (χ2v) is 7.99. The zero-order chi connectivity index (χ0) is 22.6. The average Bonchev–Trinajstić information content (AvgIpc) is 2.72. The van der Waals surface area contributed by atoms with E-state index in [4.69, 9.17) is 37.1 Å². The van der Waals surface area contributed by atoms with Gasteiger partial charge >= 0.3 is 0 Å². The third-order valence-corrected chi connectivity index (χ3v) is 5.90. The molecule has 1 aliphatic heterocycles. The SMILES string of the molecule is CO[C@H]1[C@@H](O)[C@H](N)[C@@H](O[C@H]2O[C@@H](C(C)N)CC[C@H]2N)[C@H](O)[C@@H]1N(C)C(=O)CN=CN. The maximum absolute atomic E-state index is 12.4. The van der Waals surface area contributed by atoms with Gasteiger partial charge in [0.2, 0.25) is 5.91 Å². The first-order chi connectivity index (χ1) is 14.1. The van der Waals surface area contributed by atoms with Crippen LogP contribution in [0.5, 0.6) is 0 Å². The Labute approximate surface area is 176 Å². The Hall–Kier alpha value is -1.38. The van der Waals surface area contributed by atoms with Crippen LogP contribution in [0.25, 0.3) is 0 Å². The van der Waals surface area contributed by atoms with Crippen molar-refractivity contribution < 1.29 is 29.2 Å². The number of hydrogen-bond acceptors (Lipinski definition) is 10. The molecule has 1 saturated heterocycles. The molecule has 0 bridgehead atoms. The van der Waals surface area contributed by atoms with Gasteiger partial charge in [-0.2, -0.15) is 0 Å². The Bertz CT molecular complexity index is 596. The fourth-order valence-corrected chi connectivity index (χ4v) is 4.05. The third kappa shape index (κ3) is 5.26. The van der Waals surface area contributed by atoms with Crippen LogP contribution in [0.4, 0.5) is 0 Å². The number of ether oxygens (including phenoxy) is 3. The van der Waals surface area contributed by atoms with Crippen LogP contribution in [0.15, 0.2) is 4.99 Å². The van der Waals surface area contributed by atoms with Gasteiger partial charge in [0.15, 0.2) is 6.29 Å². The number of carbonyl (C=O) groups excluding carboxylic acids is 1. The summed E-state index contributed by atoms with van der Waals surface area (Å²) in [4.78, 5) is 17.4. The number of amides is 1. The Morgan fingerprint density at radius 1 is 1.30 bits per heavy atom. The van der Waals surface area contributed by atoms with Crippen LogP contribution in [0.3, 0.4) is 0 Å². The second-order valence-electron chi connectivity index (χ2n) is 7.99. The van der Waals surface area contributed by atoms with Crippen molar-refractivity contribution in [3.63, 3.8) is 0 Å². The highest BCUT2D eigenvalue weighted by molar-refractivity contribution is 5.79. The van der Waals surface area contributed by atoms with Gasteiger partial charge in [0.1, 0.15) is 24.9 Å². The molecule has 1 aliphatic carbocycles. The number of likely N-dealkylation sites (N-methyl/N-ethyl adjacent to an activating group) is 1. The number of hydrogen-bond donors (Lipinski definition) is 6. The van der Waals surface area contributed by atoms with E-state index in [-0.39, 0.29) is 18.7 Å². The van der Waals surface area contributed by atoms with Crippen molar-refractivity contribution in [2.75, 3.05) is 20.7 Å². The molecule has 1 amide bonds. The zero-order valence-corrected chi connectivity index (χ0v) is 17.7. The van der Waals surface area contributed by atoms with Gasteiger partial charge in [-0.05, 0) is 19.8 Å². The summed E-state index contributed by atoms with van der Waals surface area (Å²) in [5.74, 6) is -0.424. The van der Waals surface area contributed by atoms with Gasteiger partial charge in [-0.15, -0.1) is 0 Å². The molecule has 12 nitrogen and oxygen atoms in total. The molecule has 30 heavy (non-hydrogen) atoms. The number of rotatable bonds is 7. The lowest BCUT2D eigenvalue weighted by Gasteiger charge is -2.50. The van der Waals surface area contributed by atoms with Gasteiger partial charge in [-0.1, -0.05) is 0 Å². The molecule has 1 unspecified atom stereocenters. The van der Waals surface area contributed by atoms with Crippen molar-refractivity contribution >= 4 is 12.2 Å². The van der Waals surface area contributed by atoms with Gasteiger partial charge in [0.25, 0.3) is 0 Å². The number of methoxy groups -OCH3 is 1. The number of nitrogens with zero attached hydrogens (tertiary/aromatic N) is 2. The maximum Gasteiger partial charge on any atom is 0.244 e. The summed E-state index contributed by atoms with van der Waals surface area (Å²) in [6.07, 6.45) is -3.29. The lowest BCUT2D eigenvalue weighted by molar-refractivity contribution is -0.267. The molecule has 12 heteroatoms. The first-order valence-corrected chi connectivity index (χ1v) is 10.1. The molecule has 2 fully saturated rings. The number of aliphatic hydroxyl groups is 2. The van der Waals surface area contributed by atoms with E-state index >= 15 is 0 Å². The summed E-state index contributed by atoms with van der Waals surface area (Å²) >= 11 is 0. The van der Waals surface area contributed by atoms with Gasteiger partial charge < -0.3 is 52.3 Å². The zero-order valence-electron chi connectivity index (χ0n) is 17.7. The van der Waals surface area contributed by atoms with Gasteiger partial charge in [0.05, 0.1) is 36.7 Å². The second kappa shape index (κ2) is 10.8. The van der Waals surface area contributed by atoms with Crippen molar-refractivity contribution in [1.29, 1.82) is 0 Å². The van der Waals surface area contributed by atoms with E-state index in [0.29, 0.717) is 12.8 Å². The smallest absolute Gasteiger partial charge is 0.244 e. The van der Waals surface area contributed by atoms with Crippen LogP contribution >= 0.6 is 0 Å². The summed E-state index contributed by atoms with van der Waals surface area (Å²) < 4.78 is 17.2. The topological polar surface area (TPSA) is 205 Å². The van der Waals surface area contributed by atoms with Crippen molar-refractivity contribution in [1.82, 2.24) is 4.90 Å². The molecule has 1 saturated carbocycles. The van der Waals surface area contributed by atoms with Crippen molar-refractivity contribution in [3.05, 3.63) is 0 Å². The molecule has 2 rings (SSSR count). The quantitative estimate of drug-likeness (QED) is 0.172. The summed E-state index contributed by atoms with van der Waals surface area (Å²) in [6.45, 7) is 1.61. The standard InChI is InChI=1S/C18H36N6O6/c1-8(20)10-5-4-9(21)18(29-10)30-16-12(22)14(26)17(28-3)13(15(16)27)24(2)11(25)6-23-7-19/h7-10,12-18,26-27H,4-6,20-22H2,1-3H3,(H2,19,23)/t8?,9-,10-,12+,13+,14+,15-,16-,17-,18-/m1/s1. The molecule has 0 radical (unpaired) electrons. The minimum atomic E-state index is -1.28. The van der Waals surface area contributed by atoms with Crippen LogP contribution < -0.4 is 22.9 Å². The van der Waals surface area contributed by atoms with Gasteiger partial charge in [-0.3, -0.25) is 9.79 Å². The summed E-state index contributed by atoms with van der Waals surface area (Å²) in [5, 5.41) is 21.8. The van der Waals surface area contributed by atoms with E-state index in [9.17, 15) is 15.0 Å². The third-order valence-electron chi connectivity index (χ3n) is 5.90. The van der Waals surface area contributed by atoms with E-state index in [2.05, 4.69) is 4.99 Å². The first-order valence-electron chi connectivity index (χ1n) is 10.1. The van der Waals surface area contributed by atoms with Gasteiger partial charge in [-0.25, -0.2) is 0 Å². The predicted octanol–water partition coefficient (Wildman–Crippen LogP) is -3.56. The molecule has 0 spiro atoms. The minimum Gasteiger partial charge on any atom is -0.390 e. The highest BCUT2D eigenvalue weighted by atomic mass is 16.7. The average molecular weight is 433 g/mol. The molecule has 0 aromatic heterocycles. The van der Waals surface area contributed by atoms with E-state index in [1.54, 1.807) is 0 Å². The minimum absolute atomic E-state index is 0.215. The highest BCUT2D eigenvalue weighted by Crippen LogP contribution is 2.31.